The van der Waals surface area contributed by atoms with Gasteiger partial charge in [-0.2, -0.15) is 0 Å². The Morgan fingerprint density at radius 3 is 2.24 bits per heavy atom. The Bertz CT molecular complexity index is 1340. The normalized spacial score (nSPS) is 11.2. The largest absolute Gasteiger partial charge is 0.341 e. The maximum Gasteiger partial charge on any atom is 0.0491 e. The van der Waals surface area contributed by atoms with E-state index in [1.165, 1.54) is 44.1 Å². The van der Waals surface area contributed by atoms with Crippen molar-refractivity contribution in [2.24, 2.45) is 0 Å². The predicted molar refractivity (Wildman–Crippen MR) is 125 cm³/mol. The molecule has 0 aliphatic rings. The molecule has 0 saturated carbocycles. The lowest BCUT2D eigenvalue weighted by Gasteiger charge is -2.13. The molecule has 0 atom stereocenters. The fourth-order valence-corrected chi connectivity index (χ4v) is 4.35. The topological polar surface area (TPSA) is 4.93 Å². The van der Waals surface area contributed by atoms with Crippen LogP contribution in [-0.2, 0) is 6.54 Å². The lowest BCUT2D eigenvalue weighted by Crippen LogP contribution is -1.94. The first-order valence-electron chi connectivity index (χ1n) is 10.1. The fourth-order valence-electron chi connectivity index (χ4n) is 4.35. The third kappa shape index (κ3) is 2.87. The first kappa shape index (κ1) is 17.5. The van der Waals surface area contributed by atoms with E-state index in [4.69, 9.17) is 0 Å². The summed E-state index contributed by atoms with van der Waals surface area (Å²) >= 11 is 0. The number of aromatic nitrogens is 1. The zero-order chi connectivity index (χ0) is 19.8. The number of para-hydroxylation sites is 1. The molecule has 0 aliphatic heterocycles. The van der Waals surface area contributed by atoms with Gasteiger partial charge in [0.25, 0.3) is 0 Å². The van der Waals surface area contributed by atoms with Gasteiger partial charge in [0.2, 0.25) is 0 Å². The molecule has 1 nitrogen and oxygen atoms in total. The summed E-state index contributed by atoms with van der Waals surface area (Å²) in [6.45, 7) is 7.65. The first-order chi connectivity index (χ1) is 14.3. The highest BCUT2D eigenvalue weighted by atomic mass is 15.0. The molecule has 5 aromatic rings. The van der Waals surface area contributed by atoms with Gasteiger partial charge in [0.15, 0.2) is 0 Å². The van der Waals surface area contributed by atoms with Crippen molar-refractivity contribution in [2.45, 2.75) is 13.5 Å². The van der Waals surface area contributed by atoms with Gasteiger partial charge >= 0.3 is 0 Å². The molecule has 5 rings (SSSR count). The van der Waals surface area contributed by atoms with Gasteiger partial charge in [0.05, 0.1) is 0 Å². The molecule has 0 N–H and O–H groups in total. The average molecular weight is 373 g/mol. The molecule has 4 aromatic carbocycles. The van der Waals surface area contributed by atoms with Crippen molar-refractivity contribution < 1.29 is 0 Å². The van der Waals surface area contributed by atoms with Crippen LogP contribution in [0.25, 0.3) is 38.5 Å². The van der Waals surface area contributed by atoms with E-state index in [1.54, 1.807) is 0 Å². The molecule has 29 heavy (non-hydrogen) atoms. The molecular weight excluding hydrogens is 350 g/mol. The summed E-state index contributed by atoms with van der Waals surface area (Å²) in [7, 11) is 0. The standard InChI is InChI=1S/C28H23N/c1-3-29-27-16-10-9-15-25(27)26-19-22(17-18-28(26)29)20(2)23-13-7-8-14-24(23)21-11-5-4-6-12-21/h4-19H,2-3H2,1H3. The number of benzene rings is 4. The van der Waals surface area contributed by atoms with Crippen molar-refractivity contribution in [3.05, 3.63) is 115 Å². The number of rotatable bonds is 4. The van der Waals surface area contributed by atoms with E-state index in [1.807, 2.05) is 0 Å². The Morgan fingerprint density at radius 2 is 1.41 bits per heavy atom. The summed E-state index contributed by atoms with van der Waals surface area (Å²) in [5, 5.41) is 2.59. The lowest BCUT2D eigenvalue weighted by molar-refractivity contribution is 0.827. The van der Waals surface area contributed by atoms with E-state index in [9.17, 15) is 0 Å². The minimum atomic E-state index is 0.959. The van der Waals surface area contributed by atoms with Crippen LogP contribution < -0.4 is 0 Å². The number of hydrogen-bond acceptors (Lipinski definition) is 0. The molecule has 1 aromatic heterocycles. The zero-order valence-corrected chi connectivity index (χ0v) is 16.6. The molecule has 0 spiro atoms. The molecule has 0 bridgehead atoms. The minimum absolute atomic E-state index is 0.959. The Balaban J connectivity index is 1.68. The van der Waals surface area contributed by atoms with Crippen LogP contribution in [0.1, 0.15) is 18.1 Å². The number of nitrogens with zero attached hydrogens (tertiary/aromatic N) is 1. The van der Waals surface area contributed by atoms with Gasteiger partial charge in [0.1, 0.15) is 0 Å². The smallest absolute Gasteiger partial charge is 0.0491 e. The van der Waals surface area contributed by atoms with Gasteiger partial charge in [-0.25, -0.2) is 0 Å². The predicted octanol–water partition coefficient (Wildman–Crippen LogP) is 7.54. The van der Waals surface area contributed by atoms with Crippen LogP contribution in [0, 0.1) is 0 Å². The third-order valence-electron chi connectivity index (χ3n) is 5.77. The van der Waals surface area contributed by atoms with Gasteiger partial charge < -0.3 is 4.57 Å². The molecule has 0 fully saturated rings. The van der Waals surface area contributed by atoms with Crippen molar-refractivity contribution >= 4 is 27.4 Å². The average Bonchev–Trinajstić information content (AvgIpc) is 3.12. The molecule has 0 aliphatic carbocycles. The number of hydrogen-bond donors (Lipinski definition) is 0. The van der Waals surface area contributed by atoms with E-state index in [2.05, 4.69) is 115 Å². The second-order valence-electron chi connectivity index (χ2n) is 7.38. The monoisotopic (exact) mass is 373 g/mol. The van der Waals surface area contributed by atoms with Gasteiger partial charge in [-0.3, -0.25) is 0 Å². The van der Waals surface area contributed by atoms with Crippen LogP contribution in [0.4, 0.5) is 0 Å². The van der Waals surface area contributed by atoms with Crippen molar-refractivity contribution in [1.82, 2.24) is 4.57 Å². The maximum atomic E-state index is 4.49. The molecule has 1 heterocycles. The summed E-state index contributed by atoms with van der Waals surface area (Å²) in [4.78, 5) is 0. The van der Waals surface area contributed by atoms with Crippen molar-refractivity contribution in [3.8, 4) is 11.1 Å². The summed E-state index contributed by atoms with van der Waals surface area (Å²) in [5.74, 6) is 0. The van der Waals surface area contributed by atoms with Crippen LogP contribution in [0.3, 0.4) is 0 Å². The highest BCUT2D eigenvalue weighted by molar-refractivity contribution is 6.09. The van der Waals surface area contributed by atoms with Gasteiger partial charge in [-0.05, 0) is 52.9 Å². The van der Waals surface area contributed by atoms with E-state index in [0.29, 0.717) is 0 Å². The number of aryl methyl sites for hydroxylation is 1. The SMILES string of the molecule is C=C(c1ccc2c(c1)c1ccccc1n2CC)c1ccccc1-c1ccccc1. The quantitative estimate of drug-likeness (QED) is 0.306. The second-order valence-corrected chi connectivity index (χ2v) is 7.38. The summed E-state index contributed by atoms with van der Waals surface area (Å²) in [6.07, 6.45) is 0. The minimum Gasteiger partial charge on any atom is -0.341 e. The van der Waals surface area contributed by atoms with Gasteiger partial charge in [-0.15, -0.1) is 0 Å². The van der Waals surface area contributed by atoms with Crippen molar-refractivity contribution in [1.29, 1.82) is 0 Å². The fraction of sp³-hybridized carbons (Fsp3) is 0.0714. The summed E-state index contributed by atoms with van der Waals surface area (Å²) in [5.41, 5.74) is 8.40. The van der Waals surface area contributed by atoms with E-state index in [0.717, 1.165) is 12.1 Å². The van der Waals surface area contributed by atoms with Crippen LogP contribution >= 0.6 is 0 Å². The second kappa shape index (κ2) is 7.10. The summed E-state index contributed by atoms with van der Waals surface area (Å²) < 4.78 is 2.38. The maximum absolute atomic E-state index is 4.49. The van der Waals surface area contributed by atoms with Crippen LogP contribution in [0.2, 0.25) is 0 Å². The van der Waals surface area contributed by atoms with Gasteiger partial charge in [0, 0.05) is 28.4 Å². The number of fused-ring (bicyclic) bond motifs is 3. The lowest BCUT2D eigenvalue weighted by atomic mass is 9.91. The molecule has 0 radical (unpaired) electrons. The molecule has 0 saturated heterocycles. The van der Waals surface area contributed by atoms with E-state index >= 15 is 0 Å². The van der Waals surface area contributed by atoms with Crippen LogP contribution in [0.15, 0.2) is 104 Å². The Morgan fingerprint density at radius 1 is 0.724 bits per heavy atom. The molecule has 140 valence electrons. The van der Waals surface area contributed by atoms with E-state index < -0.39 is 0 Å². The Kier molecular flexibility index (Phi) is 4.29. The molecule has 1 heteroatoms. The third-order valence-corrected chi connectivity index (χ3v) is 5.77. The molecular formula is C28H23N. The zero-order valence-electron chi connectivity index (χ0n) is 16.6. The van der Waals surface area contributed by atoms with Crippen LogP contribution in [0.5, 0.6) is 0 Å². The first-order valence-corrected chi connectivity index (χ1v) is 10.1. The van der Waals surface area contributed by atoms with Gasteiger partial charge in [-0.1, -0.05) is 85.4 Å². The highest BCUT2D eigenvalue weighted by Crippen LogP contribution is 2.35. The summed E-state index contributed by atoms with van der Waals surface area (Å²) in [6, 6.07) is 34.5. The van der Waals surface area contributed by atoms with Crippen molar-refractivity contribution in [3.63, 3.8) is 0 Å². The van der Waals surface area contributed by atoms with Crippen molar-refractivity contribution in [2.75, 3.05) is 0 Å². The van der Waals surface area contributed by atoms with E-state index in [-0.39, 0.29) is 0 Å². The molecule has 0 unspecified atom stereocenters. The van der Waals surface area contributed by atoms with Crippen LogP contribution in [-0.4, -0.2) is 4.57 Å². The molecule has 0 amide bonds. The Hall–Kier alpha value is -3.58. The highest BCUT2D eigenvalue weighted by Gasteiger charge is 2.13. The Labute approximate surface area is 171 Å².